The summed E-state index contributed by atoms with van der Waals surface area (Å²) in [5.74, 6) is -5.34. The van der Waals surface area contributed by atoms with E-state index >= 15 is 0 Å². The average Bonchev–Trinajstić information content (AvgIpc) is 2.67. The molecule has 0 radical (unpaired) electrons. The minimum atomic E-state index is -1.70. The number of carboxylic acid groups (broad SMARTS) is 1. The predicted molar refractivity (Wildman–Crippen MR) is 100 cm³/mol. The monoisotopic (exact) mass is 424 g/mol. The van der Waals surface area contributed by atoms with Crippen LogP contribution in [0.3, 0.4) is 0 Å². The van der Waals surface area contributed by atoms with Crippen LogP contribution in [0.1, 0.15) is 33.6 Å². The average molecular weight is 425 g/mol. The van der Waals surface area contributed by atoms with Gasteiger partial charge in [0.2, 0.25) is 11.2 Å². The van der Waals surface area contributed by atoms with Gasteiger partial charge in [0.1, 0.15) is 6.61 Å². The quantitative estimate of drug-likeness (QED) is 0.523. The van der Waals surface area contributed by atoms with Gasteiger partial charge in [0, 0.05) is 23.7 Å². The molecule has 4 N–H and O–H groups in total. The van der Waals surface area contributed by atoms with Gasteiger partial charge < -0.3 is 30.0 Å². The number of carbonyl (C=O) groups excluding carboxylic acids is 2. The summed E-state index contributed by atoms with van der Waals surface area (Å²) >= 11 is 5.77. The molecular formula is C18H17ClN2O8. The van der Waals surface area contributed by atoms with Gasteiger partial charge in [0.05, 0.1) is 0 Å². The predicted octanol–water partition coefficient (Wildman–Crippen LogP) is 1.74. The van der Waals surface area contributed by atoms with Crippen LogP contribution in [-0.4, -0.2) is 40.8 Å². The Hall–Kier alpha value is -3.53. The number of ether oxygens (including phenoxy) is 1. The molecule has 0 bridgehead atoms. The SMILES string of the molecule is C[C@H](CNC(=O)c1cc(=O)c(O)c(C(=O)O)o1)NC(=O)OCc1ccc(Cl)cc1. The van der Waals surface area contributed by atoms with Gasteiger partial charge in [-0.2, -0.15) is 0 Å². The molecule has 0 saturated carbocycles. The summed E-state index contributed by atoms with van der Waals surface area (Å²) in [5, 5.41) is 23.6. The number of hydrogen-bond donors (Lipinski definition) is 4. The summed E-state index contributed by atoms with van der Waals surface area (Å²) in [6.07, 6.45) is -0.717. The van der Waals surface area contributed by atoms with E-state index in [2.05, 4.69) is 10.6 Å². The van der Waals surface area contributed by atoms with Crippen molar-refractivity contribution in [2.24, 2.45) is 0 Å². The van der Waals surface area contributed by atoms with Crippen molar-refractivity contribution in [2.75, 3.05) is 6.54 Å². The second kappa shape index (κ2) is 9.60. The van der Waals surface area contributed by atoms with Gasteiger partial charge in [-0.25, -0.2) is 9.59 Å². The van der Waals surface area contributed by atoms with Crippen molar-refractivity contribution < 1.29 is 33.8 Å². The molecule has 2 rings (SSSR count). The minimum absolute atomic E-state index is 0.0265. The highest BCUT2D eigenvalue weighted by molar-refractivity contribution is 6.30. The fourth-order valence-corrected chi connectivity index (χ4v) is 2.23. The van der Waals surface area contributed by atoms with Crippen LogP contribution in [0.25, 0.3) is 0 Å². The molecule has 154 valence electrons. The van der Waals surface area contributed by atoms with E-state index in [1.807, 2.05) is 0 Å². The lowest BCUT2D eigenvalue weighted by molar-refractivity contribution is 0.0649. The number of carboxylic acids is 1. The molecule has 1 heterocycles. The summed E-state index contributed by atoms with van der Waals surface area (Å²) in [6, 6.07) is 6.84. The Balaban J connectivity index is 1.85. The number of carbonyl (C=O) groups is 3. The van der Waals surface area contributed by atoms with E-state index in [0.29, 0.717) is 11.1 Å². The summed E-state index contributed by atoms with van der Waals surface area (Å²) < 4.78 is 9.78. The van der Waals surface area contributed by atoms with Crippen LogP contribution in [0.15, 0.2) is 39.5 Å². The Morgan fingerprint density at radius 2 is 1.90 bits per heavy atom. The van der Waals surface area contributed by atoms with Gasteiger partial charge in [-0.1, -0.05) is 23.7 Å². The third-order valence-corrected chi connectivity index (χ3v) is 3.81. The summed E-state index contributed by atoms with van der Waals surface area (Å²) in [7, 11) is 0. The molecule has 10 nitrogen and oxygen atoms in total. The zero-order chi connectivity index (χ0) is 21.6. The Bertz CT molecular complexity index is 971. The fraction of sp³-hybridized carbons (Fsp3) is 0.222. The van der Waals surface area contributed by atoms with E-state index in [9.17, 15) is 24.3 Å². The maximum Gasteiger partial charge on any atom is 0.407 e. The van der Waals surface area contributed by atoms with E-state index in [4.69, 9.17) is 25.9 Å². The normalized spacial score (nSPS) is 11.4. The zero-order valence-electron chi connectivity index (χ0n) is 15.1. The third kappa shape index (κ3) is 6.25. The van der Waals surface area contributed by atoms with E-state index in [1.54, 1.807) is 31.2 Å². The highest BCUT2D eigenvalue weighted by Crippen LogP contribution is 2.13. The van der Waals surface area contributed by atoms with Crippen molar-refractivity contribution in [3.63, 3.8) is 0 Å². The summed E-state index contributed by atoms with van der Waals surface area (Å²) in [4.78, 5) is 46.3. The van der Waals surface area contributed by atoms with Gasteiger partial charge in [-0.3, -0.25) is 9.59 Å². The first-order valence-electron chi connectivity index (χ1n) is 8.23. The lowest BCUT2D eigenvalue weighted by Gasteiger charge is -2.15. The maximum absolute atomic E-state index is 12.0. The lowest BCUT2D eigenvalue weighted by Crippen LogP contribution is -2.42. The molecule has 1 aromatic carbocycles. The number of amides is 2. The molecule has 1 aromatic heterocycles. The number of alkyl carbamates (subject to hydrolysis) is 1. The van der Waals surface area contributed by atoms with Crippen molar-refractivity contribution >= 4 is 29.6 Å². The maximum atomic E-state index is 12.0. The molecule has 0 aliphatic carbocycles. The molecule has 0 unspecified atom stereocenters. The van der Waals surface area contributed by atoms with E-state index in [-0.39, 0.29) is 13.2 Å². The Kier molecular flexibility index (Phi) is 7.21. The Morgan fingerprint density at radius 1 is 1.24 bits per heavy atom. The fourth-order valence-electron chi connectivity index (χ4n) is 2.10. The van der Waals surface area contributed by atoms with Crippen LogP contribution in [0.5, 0.6) is 5.75 Å². The molecule has 1 atom stereocenters. The molecule has 29 heavy (non-hydrogen) atoms. The van der Waals surface area contributed by atoms with Crippen LogP contribution in [-0.2, 0) is 11.3 Å². The lowest BCUT2D eigenvalue weighted by atomic mass is 10.2. The Labute approximate surface area is 169 Å². The molecule has 2 amide bonds. The number of rotatable bonds is 7. The highest BCUT2D eigenvalue weighted by Gasteiger charge is 2.21. The third-order valence-electron chi connectivity index (χ3n) is 3.56. The molecular weight excluding hydrogens is 408 g/mol. The molecule has 11 heteroatoms. The van der Waals surface area contributed by atoms with Crippen LogP contribution in [0, 0.1) is 0 Å². The van der Waals surface area contributed by atoms with Gasteiger partial charge in [0.15, 0.2) is 5.76 Å². The number of nitrogens with one attached hydrogen (secondary N) is 2. The van der Waals surface area contributed by atoms with E-state index in [0.717, 1.165) is 5.56 Å². The number of aromatic hydroxyl groups is 1. The van der Waals surface area contributed by atoms with Crippen molar-refractivity contribution in [1.82, 2.24) is 10.6 Å². The van der Waals surface area contributed by atoms with E-state index in [1.165, 1.54) is 0 Å². The zero-order valence-corrected chi connectivity index (χ0v) is 15.9. The first-order valence-corrected chi connectivity index (χ1v) is 8.61. The number of benzene rings is 1. The van der Waals surface area contributed by atoms with Crippen molar-refractivity contribution in [3.05, 3.63) is 62.7 Å². The van der Waals surface area contributed by atoms with Crippen LogP contribution < -0.4 is 16.1 Å². The molecule has 0 saturated heterocycles. The van der Waals surface area contributed by atoms with Crippen molar-refractivity contribution in [1.29, 1.82) is 0 Å². The molecule has 0 fully saturated rings. The van der Waals surface area contributed by atoms with Gasteiger partial charge in [-0.05, 0) is 24.6 Å². The van der Waals surface area contributed by atoms with Crippen LogP contribution in [0.4, 0.5) is 4.79 Å². The smallest absolute Gasteiger partial charge is 0.407 e. The van der Waals surface area contributed by atoms with Gasteiger partial charge >= 0.3 is 12.1 Å². The molecule has 2 aromatic rings. The van der Waals surface area contributed by atoms with Gasteiger partial charge in [-0.15, -0.1) is 0 Å². The van der Waals surface area contributed by atoms with Crippen molar-refractivity contribution in [3.8, 4) is 5.75 Å². The van der Waals surface area contributed by atoms with E-state index < -0.39 is 46.7 Å². The second-order valence-electron chi connectivity index (χ2n) is 5.92. The van der Waals surface area contributed by atoms with Crippen LogP contribution >= 0.6 is 11.6 Å². The van der Waals surface area contributed by atoms with Gasteiger partial charge in [0.25, 0.3) is 11.7 Å². The minimum Gasteiger partial charge on any atom is -0.501 e. The largest absolute Gasteiger partial charge is 0.501 e. The summed E-state index contributed by atoms with van der Waals surface area (Å²) in [5.41, 5.74) is -0.335. The number of halogens is 1. The first kappa shape index (κ1) is 21.8. The second-order valence-corrected chi connectivity index (χ2v) is 6.35. The van der Waals surface area contributed by atoms with Crippen molar-refractivity contribution in [2.45, 2.75) is 19.6 Å². The topological polar surface area (TPSA) is 155 Å². The number of aromatic carboxylic acids is 1. The molecule has 0 spiro atoms. The Morgan fingerprint density at radius 3 is 2.52 bits per heavy atom. The highest BCUT2D eigenvalue weighted by atomic mass is 35.5. The number of hydrogen-bond acceptors (Lipinski definition) is 7. The summed E-state index contributed by atoms with van der Waals surface area (Å²) in [6.45, 7) is 1.54. The molecule has 0 aliphatic heterocycles. The van der Waals surface area contributed by atoms with Crippen LogP contribution in [0.2, 0.25) is 5.02 Å². The molecule has 0 aliphatic rings. The first-order chi connectivity index (χ1) is 13.7. The standard InChI is InChI=1S/C18H17ClN2O8/c1-9(21-18(27)28-8-10-2-4-11(19)5-3-10)7-20-16(24)13-6-12(22)14(23)15(29-13)17(25)26/h2-6,9,23H,7-8H2,1H3,(H,20,24)(H,21,27)(H,25,26)/t9-/m1/s1.